The Morgan fingerprint density at radius 1 is 1.15 bits per heavy atom. The van der Waals surface area contributed by atoms with E-state index in [0.29, 0.717) is 16.0 Å². The molecule has 8 nitrogen and oxygen atoms in total. The summed E-state index contributed by atoms with van der Waals surface area (Å²) in [6.07, 6.45) is 3.15. The van der Waals surface area contributed by atoms with Crippen LogP contribution in [0.4, 0.5) is 5.82 Å². The highest BCUT2D eigenvalue weighted by Crippen LogP contribution is 2.25. The van der Waals surface area contributed by atoms with Crippen molar-refractivity contribution in [2.24, 2.45) is 5.84 Å². The van der Waals surface area contributed by atoms with Gasteiger partial charge in [-0.2, -0.15) is 4.68 Å². The number of hydrogen-bond donors (Lipinski definition) is 2. The Bertz CT molecular complexity index is 698. The Morgan fingerprint density at radius 3 is 2.80 bits per heavy atom. The number of para-hydroxylation sites is 1. The van der Waals surface area contributed by atoms with Crippen LogP contribution in [0.3, 0.4) is 0 Å². The number of aromatic nitrogens is 6. The van der Waals surface area contributed by atoms with Crippen LogP contribution in [0.5, 0.6) is 0 Å². The first kappa shape index (κ1) is 12.5. The maximum atomic E-state index is 5.31. The van der Waals surface area contributed by atoms with Gasteiger partial charge in [-0.05, 0) is 34.3 Å². The molecule has 0 bridgehead atoms. The van der Waals surface area contributed by atoms with Crippen LogP contribution in [-0.2, 0) is 0 Å². The van der Waals surface area contributed by atoms with E-state index in [0.717, 1.165) is 5.69 Å². The number of hydrazine groups is 1. The van der Waals surface area contributed by atoms with E-state index in [9.17, 15) is 0 Å². The maximum absolute atomic E-state index is 5.31. The van der Waals surface area contributed by atoms with E-state index in [1.54, 1.807) is 10.9 Å². The normalized spacial score (nSPS) is 10.4. The Kier molecular flexibility index (Phi) is 3.52. The summed E-state index contributed by atoms with van der Waals surface area (Å²) in [5, 5.41) is 12.9. The van der Waals surface area contributed by atoms with Crippen LogP contribution >= 0.6 is 11.8 Å². The lowest BCUT2D eigenvalue weighted by molar-refractivity contribution is 0.756. The topological polar surface area (TPSA) is 107 Å². The number of rotatable bonds is 4. The van der Waals surface area contributed by atoms with Gasteiger partial charge in [0.2, 0.25) is 5.16 Å². The largest absolute Gasteiger partial charge is 0.307 e. The van der Waals surface area contributed by atoms with Crippen molar-refractivity contribution in [3.8, 4) is 5.69 Å². The number of tetrazole rings is 1. The van der Waals surface area contributed by atoms with Crippen LogP contribution in [0.15, 0.2) is 52.9 Å². The smallest absolute Gasteiger partial charge is 0.220 e. The average Bonchev–Trinajstić information content (AvgIpc) is 2.96. The zero-order valence-electron chi connectivity index (χ0n) is 10.2. The molecule has 2 aromatic heterocycles. The summed E-state index contributed by atoms with van der Waals surface area (Å²) in [4.78, 5) is 8.29. The van der Waals surface area contributed by atoms with Crippen LogP contribution in [0, 0.1) is 0 Å². The van der Waals surface area contributed by atoms with Gasteiger partial charge in [0.15, 0.2) is 5.82 Å². The quantitative estimate of drug-likeness (QED) is 0.538. The minimum Gasteiger partial charge on any atom is -0.307 e. The van der Waals surface area contributed by atoms with E-state index in [1.165, 1.54) is 18.0 Å². The zero-order valence-corrected chi connectivity index (χ0v) is 11.0. The fourth-order valence-electron chi connectivity index (χ4n) is 1.53. The molecule has 0 radical (unpaired) electrons. The van der Waals surface area contributed by atoms with E-state index in [4.69, 9.17) is 5.84 Å². The Labute approximate surface area is 118 Å². The predicted octanol–water partition coefficient (Wildman–Crippen LogP) is 0.889. The van der Waals surface area contributed by atoms with Gasteiger partial charge in [0.1, 0.15) is 5.03 Å². The van der Waals surface area contributed by atoms with Gasteiger partial charge in [-0.3, -0.25) is 4.98 Å². The molecular formula is C11H10N8S. The second-order valence-corrected chi connectivity index (χ2v) is 4.69. The van der Waals surface area contributed by atoms with Gasteiger partial charge in [-0.15, -0.1) is 5.10 Å². The van der Waals surface area contributed by atoms with E-state index < -0.39 is 0 Å². The summed E-state index contributed by atoms with van der Waals surface area (Å²) in [5.41, 5.74) is 3.32. The number of benzene rings is 1. The molecule has 0 spiro atoms. The third-order valence-corrected chi connectivity index (χ3v) is 3.24. The van der Waals surface area contributed by atoms with Crippen molar-refractivity contribution in [2.75, 3.05) is 5.43 Å². The molecule has 20 heavy (non-hydrogen) atoms. The summed E-state index contributed by atoms with van der Waals surface area (Å²) in [6.45, 7) is 0. The number of hydrogen-bond acceptors (Lipinski definition) is 8. The van der Waals surface area contributed by atoms with Gasteiger partial charge in [0.05, 0.1) is 18.1 Å². The van der Waals surface area contributed by atoms with E-state index in [1.807, 2.05) is 30.3 Å². The summed E-state index contributed by atoms with van der Waals surface area (Å²) in [7, 11) is 0. The number of anilines is 1. The second-order valence-electron chi connectivity index (χ2n) is 3.70. The molecule has 0 fully saturated rings. The highest BCUT2D eigenvalue weighted by Gasteiger charge is 2.11. The minimum absolute atomic E-state index is 0.480. The first-order valence-corrected chi connectivity index (χ1v) is 6.49. The van der Waals surface area contributed by atoms with Gasteiger partial charge >= 0.3 is 0 Å². The van der Waals surface area contributed by atoms with Crippen LogP contribution in [0.1, 0.15) is 0 Å². The fourth-order valence-corrected chi connectivity index (χ4v) is 2.28. The molecule has 0 unspecified atom stereocenters. The molecular weight excluding hydrogens is 276 g/mol. The van der Waals surface area contributed by atoms with Crippen molar-refractivity contribution in [3.63, 3.8) is 0 Å². The summed E-state index contributed by atoms with van der Waals surface area (Å²) in [5.74, 6) is 5.79. The molecule has 0 amide bonds. The van der Waals surface area contributed by atoms with Crippen molar-refractivity contribution in [2.45, 2.75) is 10.2 Å². The molecule has 0 aliphatic carbocycles. The lowest BCUT2D eigenvalue weighted by Crippen LogP contribution is -2.09. The first-order chi connectivity index (χ1) is 9.86. The molecule has 9 heteroatoms. The summed E-state index contributed by atoms with van der Waals surface area (Å²) >= 11 is 1.30. The molecule has 0 aliphatic rings. The minimum atomic E-state index is 0.480. The van der Waals surface area contributed by atoms with Gasteiger partial charge in [-0.1, -0.05) is 18.2 Å². The van der Waals surface area contributed by atoms with Crippen molar-refractivity contribution < 1.29 is 0 Å². The Morgan fingerprint density at radius 2 is 2.00 bits per heavy atom. The predicted molar refractivity (Wildman–Crippen MR) is 73.1 cm³/mol. The van der Waals surface area contributed by atoms with Crippen molar-refractivity contribution in [3.05, 3.63) is 42.7 Å². The number of nitrogens with one attached hydrogen (secondary N) is 1. The highest BCUT2D eigenvalue weighted by molar-refractivity contribution is 7.99. The molecule has 3 N–H and O–H groups in total. The standard InChI is InChI=1S/C11H10N8S/c12-15-9-6-13-7-10(14-9)20-11-16-17-18-19(11)8-4-2-1-3-5-8/h1-7H,12H2,(H,14,15). The molecule has 1 aromatic carbocycles. The van der Waals surface area contributed by atoms with Crippen LogP contribution in [0.25, 0.3) is 5.69 Å². The van der Waals surface area contributed by atoms with Crippen molar-refractivity contribution in [1.82, 2.24) is 30.2 Å². The molecule has 2 heterocycles. The van der Waals surface area contributed by atoms with Gasteiger partial charge in [0.25, 0.3) is 0 Å². The SMILES string of the molecule is NNc1cncc(Sc2nnnn2-c2ccccc2)n1. The summed E-state index contributed by atoms with van der Waals surface area (Å²) in [6, 6.07) is 9.62. The van der Waals surface area contributed by atoms with E-state index in [-0.39, 0.29) is 0 Å². The highest BCUT2D eigenvalue weighted by atomic mass is 32.2. The second kappa shape index (κ2) is 5.63. The molecule has 0 saturated heterocycles. The Hall–Kier alpha value is -2.52. The van der Waals surface area contributed by atoms with E-state index in [2.05, 4.69) is 30.9 Å². The van der Waals surface area contributed by atoms with Crippen LogP contribution in [-0.4, -0.2) is 30.2 Å². The molecule has 3 rings (SSSR count). The first-order valence-electron chi connectivity index (χ1n) is 5.67. The molecule has 0 saturated carbocycles. The number of nitrogens with two attached hydrogens (primary N) is 1. The Balaban J connectivity index is 1.90. The average molecular weight is 286 g/mol. The maximum Gasteiger partial charge on any atom is 0.220 e. The fraction of sp³-hybridized carbons (Fsp3) is 0. The summed E-state index contributed by atoms with van der Waals surface area (Å²) < 4.78 is 1.63. The van der Waals surface area contributed by atoms with Crippen LogP contribution in [0.2, 0.25) is 0 Å². The van der Waals surface area contributed by atoms with Gasteiger partial charge < -0.3 is 5.43 Å². The molecule has 0 atom stereocenters. The number of nitrogens with zero attached hydrogens (tertiary/aromatic N) is 6. The van der Waals surface area contributed by atoms with Crippen molar-refractivity contribution >= 4 is 17.6 Å². The lowest BCUT2D eigenvalue weighted by Gasteiger charge is -2.04. The van der Waals surface area contributed by atoms with Gasteiger partial charge in [-0.25, -0.2) is 10.8 Å². The van der Waals surface area contributed by atoms with Crippen LogP contribution < -0.4 is 11.3 Å². The third-order valence-electron chi connectivity index (χ3n) is 2.40. The van der Waals surface area contributed by atoms with Crippen molar-refractivity contribution in [1.29, 1.82) is 0 Å². The molecule has 0 aliphatic heterocycles. The van der Waals surface area contributed by atoms with E-state index >= 15 is 0 Å². The zero-order chi connectivity index (χ0) is 13.8. The molecule has 100 valence electrons. The third kappa shape index (κ3) is 2.58. The molecule has 3 aromatic rings. The number of nitrogen functional groups attached to an aromatic ring is 1. The van der Waals surface area contributed by atoms with Gasteiger partial charge in [0, 0.05) is 0 Å². The monoisotopic (exact) mass is 286 g/mol. The lowest BCUT2D eigenvalue weighted by atomic mass is 10.3.